The van der Waals surface area contributed by atoms with Crippen molar-refractivity contribution in [3.05, 3.63) is 216 Å². The molecule has 2 nitrogen and oxygen atoms in total. The fraction of sp³-hybridized carbons (Fsp3) is 0.0690. The van der Waals surface area contributed by atoms with Gasteiger partial charge in [0.15, 0.2) is 0 Å². The van der Waals surface area contributed by atoms with E-state index >= 15 is 0 Å². The Bertz CT molecular complexity index is 3260. The Morgan fingerprint density at radius 2 is 0.683 bits per heavy atom. The Morgan fingerprint density at radius 1 is 0.300 bits per heavy atom. The molecule has 0 heterocycles. The molecule has 0 spiro atoms. The third kappa shape index (κ3) is 5.79. The van der Waals surface area contributed by atoms with Crippen LogP contribution in [0, 0.1) is 0 Å². The van der Waals surface area contributed by atoms with Crippen LogP contribution < -0.4 is 9.80 Å². The van der Waals surface area contributed by atoms with E-state index in [0.717, 1.165) is 42.7 Å². The molecule has 10 aromatic carbocycles. The summed E-state index contributed by atoms with van der Waals surface area (Å²) in [5.74, 6) is 0. The molecule has 0 radical (unpaired) electrons. The van der Waals surface area contributed by atoms with Gasteiger partial charge in [0.05, 0.1) is 11.4 Å². The van der Waals surface area contributed by atoms with E-state index in [1.807, 2.05) is 0 Å². The quantitative estimate of drug-likeness (QED) is 0.156. The predicted molar refractivity (Wildman–Crippen MR) is 258 cm³/mol. The van der Waals surface area contributed by atoms with Crippen LogP contribution in [0.1, 0.15) is 35.1 Å². The zero-order chi connectivity index (χ0) is 39.6. The Balaban J connectivity index is 1.14. The van der Waals surface area contributed by atoms with E-state index in [-0.39, 0.29) is 0 Å². The lowest BCUT2D eigenvalue weighted by molar-refractivity contribution is 0.983. The highest BCUT2D eigenvalue weighted by Crippen LogP contribution is 2.49. The van der Waals surface area contributed by atoms with Gasteiger partial charge >= 0.3 is 0 Å². The van der Waals surface area contributed by atoms with Crippen molar-refractivity contribution >= 4 is 100 Å². The Labute approximate surface area is 350 Å². The standard InChI is InChI=1S/C58H42N2/c1-5-17-43-33-47(29-25-39(43)13-1)59(48-30-26-40-14-2-6-18-44(40)34-48)57-37-55-52-22-10-12-24-54(52)58(38-56(55)51-21-9-11-23-53(51)57)60(49-31-27-41-15-3-7-19-45(41)35-49)50-32-28-42-16-4-8-20-46(42)36-50/h1-2,5-14,17-38H,3-4,15-16H2. The second-order valence-corrected chi connectivity index (χ2v) is 16.4. The molecule has 10 aromatic rings. The van der Waals surface area contributed by atoms with E-state index in [2.05, 4.69) is 216 Å². The highest BCUT2D eigenvalue weighted by molar-refractivity contribution is 6.24. The summed E-state index contributed by atoms with van der Waals surface area (Å²) < 4.78 is 0. The lowest BCUT2D eigenvalue weighted by Crippen LogP contribution is -2.13. The van der Waals surface area contributed by atoms with Crippen molar-refractivity contribution < 1.29 is 0 Å². The molecule has 0 bridgehead atoms. The largest absolute Gasteiger partial charge is 0.310 e. The van der Waals surface area contributed by atoms with Gasteiger partial charge < -0.3 is 9.80 Å². The number of rotatable bonds is 6. The van der Waals surface area contributed by atoms with Crippen LogP contribution >= 0.6 is 0 Å². The second kappa shape index (κ2) is 14.1. The van der Waals surface area contributed by atoms with Crippen LogP contribution in [0.3, 0.4) is 0 Å². The van der Waals surface area contributed by atoms with Gasteiger partial charge in [-0.15, -0.1) is 0 Å². The Morgan fingerprint density at radius 3 is 1.15 bits per heavy atom. The van der Waals surface area contributed by atoms with Crippen LogP contribution in [0.4, 0.5) is 34.1 Å². The molecular weight excluding hydrogens is 725 g/mol. The molecule has 12 rings (SSSR count). The number of fused-ring (bicyclic) bond motifs is 9. The first-order valence-corrected chi connectivity index (χ1v) is 21.3. The molecule has 0 unspecified atom stereocenters. The summed E-state index contributed by atoms with van der Waals surface area (Å²) in [7, 11) is 0. The minimum Gasteiger partial charge on any atom is -0.310 e. The molecule has 0 aromatic heterocycles. The fourth-order valence-corrected chi connectivity index (χ4v) is 9.88. The smallest absolute Gasteiger partial charge is 0.0546 e. The third-order valence-electron chi connectivity index (χ3n) is 12.8. The first kappa shape index (κ1) is 34.6. The van der Waals surface area contributed by atoms with Gasteiger partial charge in [-0.1, -0.05) is 146 Å². The molecular formula is C58H42N2. The van der Waals surface area contributed by atoms with Crippen LogP contribution in [0.2, 0.25) is 0 Å². The molecule has 0 saturated heterocycles. The second-order valence-electron chi connectivity index (χ2n) is 16.4. The van der Waals surface area contributed by atoms with Crippen molar-refractivity contribution in [2.45, 2.75) is 25.7 Å². The molecule has 0 aliphatic heterocycles. The summed E-state index contributed by atoms with van der Waals surface area (Å²) in [6, 6.07) is 68.1. The maximum atomic E-state index is 2.51. The first-order valence-electron chi connectivity index (χ1n) is 21.3. The van der Waals surface area contributed by atoms with Gasteiger partial charge in [-0.25, -0.2) is 0 Å². The SMILES string of the molecule is C1=Cc2cc(N(c3ccc4c(c3)C=CCC4)c3cc4c5ccccc5c(N(c5ccc6ccccc6c5)c5ccc6ccccc6c5)cc4c4ccccc34)ccc2CC1. The molecule has 2 aliphatic carbocycles. The van der Waals surface area contributed by atoms with Gasteiger partial charge in [0.2, 0.25) is 0 Å². The number of hydrogen-bond acceptors (Lipinski definition) is 2. The molecule has 0 N–H and O–H groups in total. The van der Waals surface area contributed by atoms with Crippen LogP contribution in [-0.4, -0.2) is 0 Å². The van der Waals surface area contributed by atoms with E-state index in [1.165, 1.54) is 93.2 Å². The molecule has 0 fully saturated rings. The molecule has 284 valence electrons. The topological polar surface area (TPSA) is 6.48 Å². The zero-order valence-electron chi connectivity index (χ0n) is 33.4. The minimum atomic E-state index is 1.08. The first-order chi connectivity index (χ1) is 29.7. The van der Waals surface area contributed by atoms with Crippen molar-refractivity contribution in [3.8, 4) is 0 Å². The summed E-state index contributed by atoms with van der Waals surface area (Å²) in [6.07, 6.45) is 13.6. The third-order valence-corrected chi connectivity index (χ3v) is 12.8. The lowest BCUT2D eigenvalue weighted by Gasteiger charge is -2.31. The van der Waals surface area contributed by atoms with Crippen molar-refractivity contribution in [2.24, 2.45) is 0 Å². The number of allylic oxidation sites excluding steroid dienone is 2. The summed E-state index contributed by atoms with van der Waals surface area (Å²) in [5.41, 5.74) is 12.4. The molecule has 2 aliphatic rings. The van der Waals surface area contributed by atoms with Crippen molar-refractivity contribution in [2.75, 3.05) is 9.80 Å². The number of benzene rings is 10. The number of anilines is 6. The highest BCUT2D eigenvalue weighted by atomic mass is 15.2. The average molecular weight is 767 g/mol. The minimum absolute atomic E-state index is 1.08. The van der Waals surface area contributed by atoms with Crippen molar-refractivity contribution in [1.82, 2.24) is 0 Å². The van der Waals surface area contributed by atoms with E-state index in [9.17, 15) is 0 Å². The molecule has 2 heteroatoms. The van der Waals surface area contributed by atoms with Gasteiger partial charge in [0.1, 0.15) is 0 Å². The van der Waals surface area contributed by atoms with Crippen LogP contribution in [0.25, 0.3) is 66.0 Å². The summed E-state index contributed by atoms with van der Waals surface area (Å²) in [4.78, 5) is 4.98. The van der Waals surface area contributed by atoms with Gasteiger partial charge in [-0.2, -0.15) is 0 Å². The monoisotopic (exact) mass is 766 g/mol. The van der Waals surface area contributed by atoms with Crippen LogP contribution in [-0.2, 0) is 12.8 Å². The van der Waals surface area contributed by atoms with Gasteiger partial charge in [-0.3, -0.25) is 0 Å². The summed E-state index contributed by atoms with van der Waals surface area (Å²) >= 11 is 0. The number of aryl methyl sites for hydroxylation is 2. The lowest BCUT2D eigenvalue weighted by atomic mass is 9.92. The number of nitrogens with zero attached hydrogens (tertiary/aromatic N) is 2. The molecule has 0 saturated carbocycles. The molecule has 60 heavy (non-hydrogen) atoms. The average Bonchev–Trinajstić information content (AvgIpc) is 3.31. The van der Waals surface area contributed by atoms with E-state index in [1.54, 1.807) is 0 Å². The van der Waals surface area contributed by atoms with Crippen LogP contribution in [0.15, 0.2) is 194 Å². The van der Waals surface area contributed by atoms with E-state index < -0.39 is 0 Å². The van der Waals surface area contributed by atoms with Gasteiger partial charge in [0.25, 0.3) is 0 Å². The van der Waals surface area contributed by atoms with E-state index in [4.69, 9.17) is 0 Å². The zero-order valence-corrected chi connectivity index (χ0v) is 33.4. The van der Waals surface area contributed by atoms with Crippen molar-refractivity contribution in [1.29, 1.82) is 0 Å². The van der Waals surface area contributed by atoms with E-state index in [0.29, 0.717) is 0 Å². The summed E-state index contributed by atoms with van der Waals surface area (Å²) in [6.45, 7) is 0. The van der Waals surface area contributed by atoms with Crippen LogP contribution in [0.5, 0.6) is 0 Å². The normalized spacial score (nSPS) is 13.3. The van der Waals surface area contributed by atoms with Gasteiger partial charge in [-0.05, 0) is 152 Å². The molecule has 0 amide bonds. The van der Waals surface area contributed by atoms with Crippen molar-refractivity contribution in [3.63, 3.8) is 0 Å². The fourth-order valence-electron chi connectivity index (χ4n) is 9.88. The maximum absolute atomic E-state index is 2.51. The Kier molecular flexibility index (Phi) is 8.16. The maximum Gasteiger partial charge on any atom is 0.0546 e. The summed E-state index contributed by atoms with van der Waals surface area (Å²) in [5, 5.41) is 12.3. The predicted octanol–water partition coefficient (Wildman–Crippen LogP) is 16.3. The number of hydrogen-bond donors (Lipinski definition) is 0. The highest BCUT2D eigenvalue weighted by Gasteiger charge is 2.23. The Hall–Kier alpha value is -7.42. The molecule has 0 atom stereocenters. The van der Waals surface area contributed by atoms with Gasteiger partial charge in [0, 0.05) is 33.5 Å².